The molecule has 2 aliphatic rings. The fourth-order valence-corrected chi connectivity index (χ4v) is 3.68. The molecule has 1 aliphatic heterocycles. The van der Waals surface area contributed by atoms with Crippen LogP contribution in [0.25, 0.3) is 0 Å². The van der Waals surface area contributed by atoms with Crippen molar-refractivity contribution in [2.45, 2.75) is 32.2 Å². The fourth-order valence-electron chi connectivity index (χ4n) is 3.68. The number of hydrogen-bond donors (Lipinski definition) is 0. The van der Waals surface area contributed by atoms with Crippen LogP contribution in [-0.4, -0.2) is 53.4 Å². The molecule has 5 nitrogen and oxygen atoms in total. The maximum atomic E-state index is 12.8. The zero-order chi connectivity index (χ0) is 17.4. The Labute approximate surface area is 148 Å². The molecular weight excluding hydrogens is 312 g/mol. The summed E-state index contributed by atoms with van der Waals surface area (Å²) in [5, 5.41) is 0. The number of hydrogen-bond acceptors (Lipinski definition) is 5. The lowest BCUT2D eigenvalue weighted by atomic mass is 10.1. The molecule has 4 rings (SSSR count). The van der Waals surface area contributed by atoms with Gasteiger partial charge in [-0.1, -0.05) is 12.1 Å². The van der Waals surface area contributed by atoms with Crippen molar-refractivity contribution in [3.8, 4) is 0 Å². The van der Waals surface area contributed by atoms with E-state index in [-0.39, 0.29) is 5.78 Å². The van der Waals surface area contributed by atoms with Gasteiger partial charge in [0.2, 0.25) is 11.6 Å². The van der Waals surface area contributed by atoms with Crippen molar-refractivity contribution in [3.05, 3.63) is 53.1 Å². The average Bonchev–Trinajstić information content (AvgIpc) is 3.11. The molecule has 1 aromatic carbocycles. The SMILES string of the molecule is CC1CN(c2cccc(C(=O)c3ncc4c(n3)CCC4)c2)CCN1C. The number of aryl methyl sites for hydroxylation is 2. The molecule has 0 N–H and O–H groups in total. The molecule has 2 heterocycles. The van der Waals surface area contributed by atoms with Gasteiger partial charge in [-0.3, -0.25) is 4.79 Å². The highest BCUT2D eigenvalue weighted by molar-refractivity contribution is 6.07. The summed E-state index contributed by atoms with van der Waals surface area (Å²) in [5.74, 6) is 0.239. The van der Waals surface area contributed by atoms with Crippen LogP contribution in [0.2, 0.25) is 0 Å². The van der Waals surface area contributed by atoms with Gasteiger partial charge >= 0.3 is 0 Å². The van der Waals surface area contributed by atoms with E-state index in [4.69, 9.17) is 0 Å². The Hall–Kier alpha value is -2.27. The van der Waals surface area contributed by atoms with E-state index >= 15 is 0 Å². The van der Waals surface area contributed by atoms with Crippen molar-refractivity contribution in [2.24, 2.45) is 0 Å². The summed E-state index contributed by atoms with van der Waals surface area (Å²) in [4.78, 5) is 26.4. The Morgan fingerprint density at radius 1 is 1.24 bits per heavy atom. The smallest absolute Gasteiger partial charge is 0.230 e. The van der Waals surface area contributed by atoms with Crippen molar-refractivity contribution in [3.63, 3.8) is 0 Å². The van der Waals surface area contributed by atoms with E-state index in [1.807, 2.05) is 24.4 Å². The van der Waals surface area contributed by atoms with Crippen LogP contribution in [0.4, 0.5) is 5.69 Å². The predicted octanol–water partition coefficient (Wildman–Crippen LogP) is 2.34. The largest absolute Gasteiger partial charge is 0.369 e. The minimum absolute atomic E-state index is 0.0845. The standard InChI is InChI=1S/C20H24N4O/c1-14-13-24(10-9-23(14)2)17-7-3-5-15(11-17)19(25)20-21-12-16-6-4-8-18(16)22-20/h3,5,7,11-12,14H,4,6,8-10,13H2,1-2H3. The Morgan fingerprint density at radius 3 is 2.96 bits per heavy atom. The van der Waals surface area contributed by atoms with Gasteiger partial charge in [-0.2, -0.15) is 0 Å². The molecule has 1 atom stereocenters. The van der Waals surface area contributed by atoms with Crippen molar-refractivity contribution in [2.75, 3.05) is 31.6 Å². The van der Waals surface area contributed by atoms with Crippen LogP contribution in [0.1, 0.15) is 40.8 Å². The Bertz CT molecular complexity index is 804. The average molecular weight is 336 g/mol. The normalized spacial score (nSPS) is 20.6. The number of piperazine rings is 1. The molecule has 1 fully saturated rings. The molecular formula is C20H24N4O. The molecule has 5 heteroatoms. The molecule has 130 valence electrons. The third-order valence-corrected chi connectivity index (χ3v) is 5.45. The Kier molecular flexibility index (Phi) is 4.25. The number of aromatic nitrogens is 2. The molecule has 0 bridgehead atoms. The van der Waals surface area contributed by atoms with E-state index in [0.717, 1.165) is 50.3 Å². The number of nitrogens with zero attached hydrogens (tertiary/aromatic N) is 4. The summed E-state index contributed by atoms with van der Waals surface area (Å²) in [7, 11) is 2.16. The van der Waals surface area contributed by atoms with Crippen LogP contribution in [0.5, 0.6) is 0 Å². The first-order valence-corrected chi connectivity index (χ1v) is 9.06. The van der Waals surface area contributed by atoms with Crippen molar-refractivity contribution >= 4 is 11.5 Å². The lowest BCUT2D eigenvalue weighted by molar-refractivity contribution is 0.102. The first kappa shape index (κ1) is 16.2. The number of rotatable bonds is 3. The number of benzene rings is 1. The second-order valence-electron chi connectivity index (χ2n) is 7.17. The summed E-state index contributed by atoms with van der Waals surface area (Å²) in [6, 6.07) is 8.39. The van der Waals surface area contributed by atoms with Gasteiger partial charge in [0.1, 0.15) is 0 Å². The van der Waals surface area contributed by atoms with E-state index in [9.17, 15) is 4.79 Å². The van der Waals surface area contributed by atoms with Gasteiger partial charge in [0, 0.05) is 48.8 Å². The molecule has 1 aliphatic carbocycles. The quantitative estimate of drug-likeness (QED) is 0.805. The zero-order valence-corrected chi connectivity index (χ0v) is 14.9. The van der Waals surface area contributed by atoms with Gasteiger partial charge in [-0.25, -0.2) is 9.97 Å². The van der Waals surface area contributed by atoms with Crippen LogP contribution in [0.15, 0.2) is 30.5 Å². The summed E-state index contributed by atoms with van der Waals surface area (Å²) in [6.07, 6.45) is 4.92. The second kappa shape index (κ2) is 6.56. The highest BCUT2D eigenvalue weighted by atomic mass is 16.1. The van der Waals surface area contributed by atoms with Crippen LogP contribution >= 0.6 is 0 Å². The second-order valence-corrected chi connectivity index (χ2v) is 7.17. The number of carbonyl (C=O) groups is 1. The Balaban J connectivity index is 1.58. The summed E-state index contributed by atoms with van der Waals surface area (Å²) in [5.41, 5.74) is 4.01. The monoisotopic (exact) mass is 336 g/mol. The van der Waals surface area contributed by atoms with Crippen LogP contribution in [0.3, 0.4) is 0 Å². The van der Waals surface area contributed by atoms with E-state index in [0.29, 0.717) is 17.4 Å². The van der Waals surface area contributed by atoms with E-state index in [1.165, 1.54) is 5.56 Å². The molecule has 0 amide bonds. The molecule has 25 heavy (non-hydrogen) atoms. The maximum absolute atomic E-state index is 12.8. The van der Waals surface area contributed by atoms with E-state index in [1.54, 1.807) is 0 Å². The summed E-state index contributed by atoms with van der Waals surface area (Å²) >= 11 is 0. The van der Waals surface area contributed by atoms with Crippen molar-refractivity contribution < 1.29 is 4.79 Å². The maximum Gasteiger partial charge on any atom is 0.230 e. The minimum Gasteiger partial charge on any atom is -0.369 e. The fraction of sp³-hybridized carbons (Fsp3) is 0.450. The zero-order valence-electron chi connectivity index (χ0n) is 14.9. The number of anilines is 1. The topological polar surface area (TPSA) is 49.3 Å². The Morgan fingerprint density at radius 2 is 2.12 bits per heavy atom. The van der Waals surface area contributed by atoms with Crippen LogP contribution < -0.4 is 4.90 Å². The molecule has 2 aromatic rings. The lowest BCUT2D eigenvalue weighted by Crippen LogP contribution is -2.50. The van der Waals surface area contributed by atoms with Gasteiger partial charge in [0.25, 0.3) is 0 Å². The number of carbonyl (C=O) groups excluding carboxylic acids is 1. The third-order valence-electron chi connectivity index (χ3n) is 5.45. The van der Waals surface area contributed by atoms with Gasteiger partial charge in [-0.05, 0) is 50.9 Å². The lowest BCUT2D eigenvalue weighted by Gasteiger charge is -2.39. The third kappa shape index (κ3) is 3.16. The van der Waals surface area contributed by atoms with Crippen molar-refractivity contribution in [1.29, 1.82) is 0 Å². The van der Waals surface area contributed by atoms with Gasteiger partial charge < -0.3 is 9.80 Å². The van der Waals surface area contributed by atoms with E-state index in [2.05, 4.69) is 39.8 Å². The molecule has 1 unspecified atom stereocenters. The number of likely N-dealkylation sites (N-methyl/N-ethyl adjacent to an activating group) is 1. The molecule has 1 saturated heterocycles. The van der Waals surface area contributed by atoms with Gasteiger partial charge in [-0.15, -0.1) is 0 Å². The van der Waals surface area contributed by atoms with Crippen LogP contribution in [-0.2, 0) is 12.8 Å². The number of fused-ring (bicyclic) bond motifs is 1. The van der Waals surface area contributed by atoms with E-state index < -0.39 is 0 Å². The summed E-state index contributed by atoms with van der Waals surface area (Å²) in [6.45, 7) is 5.23. The minimum atomic E-state index is -0.0845. The molecule has 1 aromatic heterocycles. The molecule has 0 radical (unpaired) electrons. The molecule has 0 spiro atoms. The van der Waals surface area contributed by atoms with Gasteiger partial charge in [0.05, 0.1) is 0 Å². The first-order chi connectivity index (χ1) is 12.1. The predicted molar refractivity (Wildman–Crippen MR) is 98.2 cm³/mol. The van der Waals surface area contributed by atoms with Crippen molar-refractivity contribution in [1.82, 2.24) is 14.9 Å². The highest BCUT2D eigenvalue weighted by Crippen LogP contribution is 2.22. The van der Waals surface area contributed by atoms with Gasteiger partial charge in [0.15, 0.2) is 0 Å². The molecule has 0 saturated carbocycles. The highest BCUT2D eigenvalue weighted by Gasteiger charge is 2.22. The first-order valence-electron chi connectivity index (χ1n) is 9.06. The summed E-state index contributed by atoms with van der Waals surface area (Å²) < 4.78 is 0. The van der Waals surface area contributed by atoms with Crippen LogP contribution in [0, 0.1) is 0 Å². The number of ketones is 1.